The Morgan fingerprint density at radius 3 is 2.03 bits per heavy atom. The molecular weight excluding hydrogens is 454 g/mol. The molecule has 9 heteroatoms. The number of carbonyl (C=O) groups excluding carboxylic acids is 1. The van der Waals surface area contributed by atoms with Crippen LogP contribution in [0.5, 0.6) is 0 Å². The van der Waals surface area contributed by atoms with Gasteiger partial charge in [-0.25, -0.2) is 13.2 Å². The lowest BCUT2D eigenvalue weighted by Gasteiger charge is -2.22. The third-order valence-electron chi connectivity index (χ3n) is 5.22. The number of carbonyl (C=O) groups is 2. The maximum Gasteiger partial charge on any atom is 0.326 e. The average molecular weight is 482 g/mol. The third-order valence-corrected chi connectivity index (χ3v) is 7.08. The van der Waals surface area contributed by atoms with E-state index in [1.165, 1.54) is 16.4 Å². The maximum atomic E-state index is 13.0. The van der Waals surface area contributed by atoms with Crippen LogP contribution in [-0.2, 0) is 27.8 Å². The number of benzene rings is 3. The van der Waals surface area contributed by atoms with E-state index in [2.05, 4.69) is 5.32 Å². The smallest absolute Gasteiger partial charge is 0.326 e. The third kappa shape index (κ3) is 6.50. The number of rotatable bonds is 11. The molecule has 0 saturated heterocycles. The lowest BCUT2D eigenvalue weighted by atomic mass is 10.1. The van der Waals surface area contributed by atoms with E-state index in [4.69, 9.17) is 5.73 Å². The second-order valence-corrected chi connectivity index (χ2v) is 9.63. The minimum absolute atomic E-state index is 0.0854. The summed E-state index contributed by atoms with van der Waals surface area (Å²) >= 11 is 0. The highest BCUT2D eigenvalue weighted by Gasteiger charge is 2.24. The molecule has 0 aliphatic rings. The molecule has 3 rings (SSSR count). The van der Waals surface area contributed by atoms with Crippen molar-refractivity contribution in [2.75, 3.05) is 13.1 Å². The maximum absolute atomic E-state index is 13.0. The van der Waals surface area contributed by atoms with Crippen LogP contribution in [-0.4, -0.2) is 48.8 Å². The predicted octanol–water partition coefficient (Wildman–Crippen LogP) is 2.26. The minimum atomic E-state index is -3.73. The zero-order chi connectivity index (χ0) is 24.6. The van der Waals surface area contributed by atoms with Gasteiger partial charge in [0.25, 0.3) is 5.91 Å². The van der Waals surface area contributed by atoms with E-state index in [1.54, 1.807) is 66.7 Å². The second kappa shape index (κ2) is 11.6. The van der Waals surface area contributed by atoms with E-state index in [9.17, 15) is 23.1 Å². The largest absolute Gasteiger partial charge is 0.480 e. The Hall–Kier alpha value is -3.53. The second-order valence-electron chi connectivity index (χ2n) is 7.69. The monoisotopic (exact) mass is 481 g/mol. The van der Waals surface area contributed by atoms with E-state index in [-0.39, 0.29) is 36.5 Å². The van der Waals surface area contributed by atoms with Gasteiger partial charge in [0.1, 0.15) is 6.04 Å². The van der Waals surface area contributed by atoms with Crippen molar-refractivity contribution in [3.05, 3.63) is 102 Å². The molecule has 0 aromatic heterocycles. The van der Waals surface area contributed by atoms with Crippen molar-refractivity contribution in [1.29, 1.82) is 0 Å². The van der Waals surface area contributed by atoms with Crippen LogP contribution in [0.1, 0.15) is 21.5 Å². The summed E-state index contributed by atoms with van der Waals surface area (Å²) in [7, 11) is -3.73. The Bertz CT molecular complexity index is 1200. The Kier molecular flexibility index (Phi) is 8.53. The summed E-state index contributed by atoms with van der Waals surface area (Å²) in [5.74, 6) is -1.65. The molecule has 0 aliphatic heterocycles. The molecular formula is C25H27N3O5S. The van der Waals surface area contributed by atoms with Crippen LogP contribution < -0.4 is 11.1 Å². The van der Waals surface area contributed by atoms with E-state index >= 15 is 0 Å². The molecule has 0 unspecified atom stereocenters. The number of nitrogens with one attached hydrogen (secondary N) is 1. The molecule has 4 N–H and O–H groups in total. The first-order valence-electron chi connectivity index (χ1n) is 10.7. The lowest BCUT2D eigenvalue weighted by Crippen LogP contribution is -2.42. The molecule has 1 atom stereocenters. The number of carboxylic acids is 1. The lowest BCUT2D eigenvalue weighted by molar-refractivity contribution is -0.139. The SMILES string of the molecule is NCCN(Cc1ccc(C(=O)N[C@@H](Cc2ccccc2)C(=O)O)cc1)S(=O)(=O)c1ccccc1. The molecule has 3 aromatic rings. The standard InChI is InChI=1S/C25H27N3O5S/c26-15-16-28(34(32,33)22-9-5-2-6-10-22)18-20-11-13-21(14-12-20)24(29)27-23(25(30)31)17-19-7-3-1-4-8-19/h1-14,23H,15-18,26H2,(H,27,29)(H,30,31)/t23-/m0/s1. The zero-order valence-corrected chi connectivity index (χ0v) is 19.3. The number of sulfonamides is 1. The highest BCUT2D eigenvalue weighted by molar-refractivity contribution is 7.89. The number of nitrogens with zero attached hydrogens (tertiary/aromatic N) is 1. The summed E-state index contributed by atoms with van der Waals surface area (Å²) in [6, 6.07) is 22.5. The molecule has 0 bridgehead atoms. The van der Waals surface area contributed by atoms with Crippen LogP contribution in [0, 0.1) is 0 Å². The summed E-state index contributed by atoms with van der Waals surface area (Å²) in [6.07, 6.45) is 0.158. The van der Waals surface area contributed by atoms with Gasteiger partial charge < -0.3 is 16.2 Å². The van der Waals surface area contributed by atoms with Crippen LogP contribution >= 0.6 is 0 Å². The normalized spacial score (nSPS) is 12.3. The fraction of sp³-hybridized carbons (Fsp3) is 0.200. The topological polar surface area (TPSA) is 130 Å². The number of nitrogens with two attached hydrogens (primary N) is 1. The molecule has 1 amide bonds. The molecule has 0 fully saturated rings. The van der Waals surface area contributed by atoms with E-state index in [0.717, 1.165) is 5.56 Å². The summed E-state index contributed by atoms with van der Waals surface area (Å²) in [5, 5.41) is 12.1. The highest BCUT2D eigenvalue weighted by Crippen LogP contribution is 2.18. The van der Waals surface area contributed by atoms with E-state index in [1.807, 2.05) is 6.07 Å². The molecule has 0 heterocycles. The zero-order valence-electron chi connectivity index (χ0n) is 18.5. The molecule has 34 heavy (non-hydrogen) atoms. The number of hydrogen-bond acceptors (Lipinski definition) is 5. The van der Waals surface area contributed by atoms with Gasteiger partial charge in [-0.1, -0.05) is 60.7 Å². The summed E-state index contributed by atoms with van der Waals surface area (Å²) < 4.78 is 27.3. The predicted molar refractivity (Wildman–Crippen MR) is 129 cm³/mol. The first-order valence-corrected chi connectivity index (χ1v) is 12.2. The van der Waals surface area contributed by atoms with Gasteiger partial charge in [-0.15, -0.1) is 0 Å². The van der Waals surface area contributed by atoms with Crippen molar-refractivity contribution in [1.82, 2.24) is 9.62 Å². The Morgan fingerprint density at radius 2 is 1.47 bits per heavy atom. The molecule has 8 nitrogen and oxygen atoms in total. The van der Waals surface area contributed by atoms with Crippen molar-refractivity contribution in [2.24, 2.45) is 5.73 Å². The number of hydrogen-bond donors (Lipinski definition) is 3. The number of aliphatic carboxylic acids is 1. The first kappa shape index (κ1) is 25.1. The van der Waals surface area contributed by atoms with Gasteiger partial charge in [-0.3, -0.25) is 4.79 Å². The number of amides is 1. The van der Waals surface area contributed by atoms with Crippen LogP contribution in [0.3, 0.4) is 0 Å². The summed E-state index contributed by atoms with van der Waals surface area (Å²) in [5.41, 5.74) is 7.38. The minimum Gasteiger partial charge on any atom is -0.480 e. The van der Waals surface area contributed by atoms with Gasteiger partial charge in [0.2, 0.25) is 10.0 Å². The Labute approximate surface area is 199 Å². The Morgan fingerprint density at radius 1 is 0.882 bits per heavy atom. The van der Waals surface area contributed by atoms with Crippen LogP contribution in [0.25, 0.3) is 0 Å². The summed E-state index contributed by atoms with van der Waals surface area (Å²) in [4.78, 5) is 24.4. The van der Waals surface area contributed by atoms with Gasteiger partial charge in [-0.05, 0) is 35.4 Å². The van der Waals surface area contributed by atoms with Crippen molar-refractivity contribution < 1.29 is 23.1 Å². The highest BCUT2D eigenvalue weighted by atomic mass is 32.2. The van der Waals surface area contributed by atoms with Gasteiger partial charge in [0, 0.05) is 31.6 Å². The average Bonchev–Trinajstić information content (AvgIpc) is 2.85. The molecule has 178 valence electrons. The fourth-order valence-corrected chi connectivity index (χ4v) is 4.89. The molecule has 0 aliphatic carbocycles. The molecule has 0 saturated carbocycles. The van der Waals surface area contributed by atoms with Crippen molar-refractivity contribution in [3.8, 4) is 0 Å². The van der Waals surface area contributed by atoms with Crippen molar-refractivity contribution in [2.45, 2.75) is 23.9 Å². The van der Waals surface area contributed by atoms with E-state index < -0.39 is 27.9 Å². The number of carboxylic acid groups (broad SMARTS) is 1. The van der Waals surface area contributed by atoms with Crippen LogP contribution in [0.15, 0.2) is 89.8 Å². The van der Waals surface area contributed by atoms with Crippen LogP contribution in [0.4, 0.5) is 0 Å². The molecule has 0 spiro atoms. The first-order chi connectivity index (χ1) is 16.3. The van der Waals surface area contributed by atoms with Gasteiger partial charge in [0.15, 0.2) is 0 Å². The molecule has 0 radical (unpaired) electrons. The van der Waals surface area contributed by atoms with Crippen molar-refractivity contribution in [3.63, 3.8) is 0 Å². The fourth-order valence-electron chi connectivity index (χ4n) is 3.43. The van der Waals surface area contributed by atoms with Crippen molar-refractivity contribution >= 4 is 21.9 Å². The summed E-state index contributed by atoms with van der Waals surface area (Å²) in [6.45, 7) is 0.381. The Balaban J connectivity index is 1.70. The van der Waals surface area contributed by atoms with Gasteiger partial charge in [0.05, 0.1) is 4.90 Å². The van der Waals surface area contributed by atoms with Gasteiger partial charge >= 0.3 is 5.97 Å². The van der Waals surface area contributed by atoms with Crippen LogP contribution in [0.2, 0.25) is 0 Å². The molecule has 3 aromatic carbocycles. The van der Waals surface area contributed by atoms with Gasteiger partial charge in [-0.2, -0.15) is 4.31 Å². The quantitative estimate of drug-likeness (QED) is 0.385. The van der Waals surface area contributed by atoms with E-state index in [0.29, 0.717) is 5.56 Å².